The van der Waals surface area contributed by atoms with Gasteiger partial charge in [0, 0.05) is 13.8 Å². The van der Waals surface area contributed by atoms with Crippen LogP contribution in [0, 0.1) is 18.3 Å². The molecule has 0 aromatic carbocycles. The fourth-order valence-corrected chi connectivity index (χ4v) is 2.23. The van der Waals surface area contributed by atoms with E-state index in [1.807, 2.05) is 6.92 Å². The summed E-state index contributed by atoms with van der Waals surface area (Å²) < 4.78 is 0. The Morgan fingerprint density at radius 3 is 2.57 bits per heavy atom. The highest BCUT2D eigenvalue weighted by atomic mass is 16.1. The fourth-order valence-electron chi connectivity index (χ4n) is 2.23. The first kappa shape index (κ1) is 11.3. The SMILES string of the molecule is C#CC(C)(C)[NH+]1C[C@H](C)C(=O)C[C@H]1C. The van der Waals surface area contributed by atoms with E-state index in [9.17, 15) is 4.79 Å². The van der Waals surface area contributed by atoms with Gasteiger partial charge in [-0.2, -0.15) is 0 Å². The van der Waals surface area contributed by atoms with Gasteiger partial charge in [-0.3, -0.25) is 4.79 Å². The number of hydrogen-bond donors (Lipinski definition) is 1. The van der Waals surface area contributed by atoms with Crippen molar-refractivity contribution in [1.82, 2.24) is 0 Å². The van der Waals surface area contributed by atoms with Crippen LogP contribution in [0.2, 0.25) is 0 Å². The van der Waals surface area contributed by atoms with Gasteiger partial charge in [0.15, 0.2) is 5.54 Å². The zero-order valence-corrected chi connectivity index (χ0v) is 9.55. The minimum absolute atomic E-state index is 0.158. The first-order chi connectivity index (χ1) is 6.38. The molecule has 0 radical (unpaired) electrons. The Labute approximate surface area is 86.7 Å². The predicted octanol–water partition coefficient (Wildman–Crippen LogP) is 0.280. The molecule has 2 heteroatoms. The molecule has 0 spiro atoms. The van der Waals surface area contributed by atoms with Crippen LogP contribution in [0.4, 0.5) is 0 Å². The molecule has 0 bridgehead atoms. The van der Waals surface area contributed by atoms with Crippen LogP contribution in [0.3, 0.4) is 0 Å². The van der Waals surface area contributed by atoms with Crippen molar-refractivity contribution < 1.29 is 9.69 Å². The van der Waals surface area contributed by atoms with Gasteiger partial charge in [0.25, 0.3) is 0 Å². The Morgan fingerprint density at radius 2 is 2.07 bits per heavy atom. The van der Waals surface area contributed by atoms with E-state index in [0.29, 0.717) is 18.2 Å². The van der Waals surface area contributed by atoms with E-state index in [2.05, 4.69) is 26.7 Å². The molecule has 14 heavy (non-hydrogen) atoms. The molecule has 1 fully saturated rings. The summed E-state index contributed by atoms with van der Waals surface area (Å²) in [5.41, 5.74) is -0.158. The highest BCUT2D eigenvalue weighted by molar-refractivity contribution is 5.81. The maximum Gasteiger partial charge on any atom is 0.153 e. The first-order valence-corrected chi connectivity index (χ1v) is 5.25. The highest BCUT2D eigenvalue weighted by Crippen LogP contribution is 2.09. The number of carbonyl (C=O) groups excluding carboxylic acids is 1. The molecule has 1 rings (SSSR count). The Balaban J connectivity index is 2.82. The molecule has 2 nitrogen and oxygen atoms in total. The van der Waals surface area contributed by atoms with E-state index in [4.69, 9.17) is 6.42 Å². The largest absolute Gasteiger partial charge is 0.317 e. The van der Waals surface area contributed by atoms with Crippen LogP contribution in [0.15, 0.2) is 0 Å². The molecule has 1 aliphatic heterocycles. The topological polar surface area (TPSA) is 21.5 Å². The summed E-state index contributed by atoms with van der Waals surface area (Å²) in [5.74, 6) is 3.37. The van der Waals surface area contributed by atoms with Crippen molar-refractivity contribution in [3.8, 4) is 12.3 Å². The molecule has 0 saturated carbocycles. The molecule has 0 aromatic heterocycles. The van der Waals surface area contributed by atoms with Crippen LogP contribution in [0.1, 0.15) is 34.1 Å². The van der Waals surface area contributed by atoms with Gasteiger partial charge < -0.3 is 4.90 Å². The molecule has 0 aliphatic carbocycles. The number of terminal acetylenes is 1. The van der Waals surface area contributed by atoms with E-state index in [1.165, 1.54) is 4.90 Å². The van der Waals surface area contributed by atoms with Crippen LogP contribution in [-0.4, -0.2) is 23.9 Å². The Hall–Kier alpha value is -0.810. The number of likely N-dealkylation sites (tertiary alicyclic amines) is 1. The Kier molecular flexibility index (Phi) is 3.01. The standard InChI is InChI=1S/C12H19NO/c1-6-12(4,5)13-8-9(2)11(14)7-10(13)3/h1,9-10H,7-8H2,2-5H3/p+1/t9-,10+/m0/s1. The number of Topliss-reactive ketones (excluding diaryl/α,β-unsaturated/α-hetero) is 1. The summed E-state index contributed by atoms with van der Waals surface area (Å²) in [7, 11) is 0. The van der Waals surface area contributed by atoms with E-state index >= 15 is 0 Å². The number of nitrogens with one attached hydrogen (secondary N) is 1. The molecule has 1 saturated heterocycles. The van der Waals surface area contributed by atoms with Crippen LogP contribution in [-0.2, 0) is 4.79 Å². The zero-order valence-electron chi connectivity index (χ0n) is 9.55. The lowest BCUT2D eigenvalue weighted by molar-refractivity contribution is -0.965. The lowest BCUT2D eigenvalue weighted by Crippen LogP contribution is -3.23. The normalized spacial score (nSPS) is 33.9. The highest BCUT2D eigenvalue weighted by Gasteiger charge is 2.40. The third kappa shape index (κ3) is 1.99. The molecular formula is C12H20NO+. The summed E-state index contributed by atoms with van der Waals surface area (Å²) in [6.45, 7) is 9.12. The van der Waals surface area contributed by atoms with Gasteiger partial charge in [-0.05, 0) is 12.8 Å². The summed E-state index contributed by atoms with van der Waals surface area (Å²) in [6, 6.07) is 0.352. The van der Waals surface area contributed by atoms with Crippen molar-refractivity contribution in [3.63, 3.8) is 0 Å². The Bertz CT molecular complexity index is 275. The maximum atomic E-state index is 11.5. The monoisotopic (exact) mass is 194 g/mol. The number of hydrogen-bond acceptors (Lipinski definition) is 1. The summed E-state index contributed by atoms with van der Waals surface area (Å²) in [6.07, 6.45) is 6.19. The van der Waals surface area contributed by atoms with Gasteiger partial charge >= 0.3 is 0 Å². The number of carbonyl (C=O) groups is 1. The van der Waals surface area contributed by atoms with Crippen molar-refractivity contribution in [1.29, 1.82) is 0 Å². The lowest BCUT2D eigenvalue weighted by Gasteiger charge is -2.40. The third-order valence-electron chi connectivity index (χ3n) is 3.34. The minimum atomic E-state index is -0.158. The van der Waals surface area contributed by atoms with Crippen LogP contribution < -0.4 is 4.90 Å². The van der Waals surface area contributed by atoms with Gasteiger partial charge in [0.05, 0.1) is 24.9 Å². The number of ketones is 1. The summed E-state index contributed by atoms with van der Waals surface area (Å²) >= 11 is 0. The van der Waals surface area contributed by atoms with Gasteiger partial charge in [0.1, 0.15) is 5.78 Å². The van der Waals surface area contributed by atoms with Crippen LogP contribution in [0.5, 0.6) is 0 Å². The van der Waals surface area contributed by atoms with Crippen molar-refractivity contribution in [2.45, 2.75) is 45.7 Å². The number of quaternary nitrogens is 1. The third-order valence-corrected chi connectivity index (χ3v) is 3.34. The molecule has 1 unspecified atom stereocenters. The molecule has 78 valence electrons. The van der Waals surface area contributed by atoms with E-state index < -0.39 is 0 Å². The van der Waals surface area contributed by atoms with E-state index in [0.717, 1.165) is 6.54 Å². The Morgan fingerprint density at radius 1 is 1.50 bits per heavy atom. The van der Waals surface area contributed by atoms with Crippen LogP contribution >= 0.6 is 0 Å². The zero-order chi connectivity index (χ0) is 10.9. The second-order valence-corrected chi connectivity index (χ2v) is 4.97. The molecular weight excluding hydrogens is 174 g/mol. The van der Waals surface area contributed by atoms with Gasteiger partial charge in [0.2, 0.25) is 0 Å². The fraction of sp³-hybridized carbons (Fsp3) is 0.750. The molecule has 0 aromatic rings. The molecule has 1 N–H and O–H groups in total. The molecule has 1 heterocycles. The number of rotatable bonds is 1. The lowest BCUT2D eigenvalue weighted by atomic mass is 9.89. The van der Waals surface area contributed by atoms with Crippen molar-refractivity contribution in [3.05, 3.63) is 0 Å². The predicted molar refractivity (Wildman–Crippen MR) is 57.0 cm³/mol. The number of piperidine rings is 1. The van der Waals surface area contributed by atoms with Crippen molar-refractivity contribution >= 4 is 5.78 Å². The maximum absolute atomic E-state index is 11.5. The van der Waals surface area contributed by atoms with E-state index in [1.54, 1.807) is 0 Å². The van der Waals surface area contributed by atoms with Gasteiger partial charge in [-0.1, -0.05) is 6.92 Å². The first-order valence-electron chi connectivity index (χ1n) is 5.25. The van der Waals surface area contributed by atoms with Gasteiger partial charge in [-0.25, -0.2) is 0 Å². The van der Waals surface area contributed by atoms with E-state index in [-0.39, 0.29) is 11.5 Å². The summed E-state index contributed by atoms with van der Waals surface area (Å²) in [4.78, 5) is 12.9. The average Bonchev–Trinajstić information content (AvgIpc) is 2.11. The second-order valence-electron chi connectivity index (χ2n) is 4.97. The molecule has 1 aliphatic rings. The quantitative estimate of drug-likeness (QED) is 0.595. The molecule has 0 amide bonds. The minimum Gasteiger partial charge on any atom is -0.317 e. The van der Waals surface area contributed by atoms with Gasteiger partial charge in [-0.15, -0.1) is 6.42 Å². The molecule has 3 atom stereocenters. The smallest absolute Gasteiger partial charge is 0.153 e. The average molecular weight is 194 g/mol. The summed E-state index contributed by atoms with van der Waals surface area (Å²) in [5, 5.41) is 0. The van der Waals surface area contributed by atoms with Crippen molar-refractivity contribution in [2.24, 2.45) is 5.92 Å². The second kappa shape index (κ2) is 3.74. The van der Waals surface area contributed by atoms with Crippen molar-refractivity contribution in [2.75, 3.05) is 6.54 Å². The van der Waals surface area contributed by atoms with Crippen LogP contribution in [0.25, 0.3) is 0 Å².